The largest absolute Gasteiger partial charge is 0.306 e. The fraction of sp³-hybridized carbons (Fsp3) is 0.583. The standard InChI is InChI=1S/C12H16Cl2N2/c1-8(16-10-4-2-3-5-10)12-11(14)6-9(13)7-15-12/h6-8,10,16H,2-5H2,1H3/t8-/m1/s1. The molecule has 0 aliphatic heterocycles. The van der Waals surface area contributed by atoms with E-state index in [1.54, 1.807) is 12.3 Å². The Kier molecular flexibility index (Phi) is 4.06. The molecule has 1 aliphatic rings. The zero-order chi connectivity index (χ0) is 11.5. The van der Waals surface area contributed by atoms with Crippen molar-refractivity contribution in [2.75, 3.05) is 0 Å². The van der Waals surface area contributed by atoms with Crippen LogP contribution in [-0.4, -0.2) is 11.0 Å². The molecule has 0 radical (unpaired) electrons. The van der Waals surface area contributed by atoms with E-state index in [1.807, 2.05) is 0 Å². The number of aromatic nitrogens is 1. The van der Waals surface area contributed by atoms with Crippen molar-refractivity contribution >= 4 is 23.2 Å². The summed E-state index contributed by atoms with van der Waals surface area (Å²) in [5.74, 6) is 0. The molecule has 1 aromatic heterocycles. The molecule has 2 rings (SSSR count). The summed E-state index contributed by atoms with van der Waals surface area (Å²) < 4.78 is 0. The van der Waals surface area contributed by atoms with Gasteiger partial charge >= 0.3 is 0 Å². The molecule has 4 heteroatoms. The third-order valence-electron chi connectivity index (χ3n) is 3.09. The SMILES string of the molecule is C[C@@H](NC1CCCC1)c1ncc(Cl)cc1Cl. The van der Waals surface area contributed by atoms with Crippen LogP contribution in [0.2, 0.25) is 10.0 Å². The summed E-state index contributed by atoms with van der Waals surface area (Å²) in [6, 6.07) is 2.55. The predicted molar refractivity (Wildman–Crippen MR) is 68.1 cm³/mol. The molecule has 0 aromatic carbocycles. The van der Waals surface area contributed by atoms with Gasteiger partial charge in [0.15, 0.2) is 0 Å². The smallest absolute Gasteiger partial charge is 0.0757 e. The van der Waals surface area contributed by atoms with Gasteiger partial charge in [0.05, 0.1) is 15.7 Å². The molecule has 0 bridgehead atoms. The second kappa shape index (κ2) is 5.35. The number of nitrogens with zero attached hydrogens (tertiary/aromatic N) is 1. The zero-order valence-electron chi connectivity index (χ0n) is 9.34. The van der Waals surface area contributed by atoms with E-state index in [2.05, 4.69) is 17.2 Å². The third-order valence-corrected chi connectivity index (χ3v) is 3.60. The maximum Gasteiger partial charge on any atom is 0.0757 e. The van der Waals surface area contributed by atoms with Gasteiger partial charge in [-0.15, -0.1) is 0 Å². The Labute approximate surface area is 106 Å². The molecule has 16 heavy (non-hydrogen) atoms. The lowest BCUT2D eigenvalue weighted by atomic mass is 10.1. The molecular formula is C12H16Cl2N2. The van der Waals surface area contributed by atoms with Crippen LogP contribution >= 0.6 is 23.2 Å². The summed E-state index contributed by atoms with van der Waals surface area (Å²) in [6.45, 7) is 2.10. The molecule has 1 heterocycles. The van der Waals surface area contributed by atoms with Gasteiger partial charge in [0.1, 0.15) is 0 Å². The minimum Gasteiger partial charge on any atom is -0.306 e. The number of hydrogen-bond acceptors (Lipinski definition) is 2. The lowest BCUT2D eigenvalue weighted by molar-refractivity contribution is 0.455. The van der Waals surface area contributed by atoms with Gasteiger partial charge in [-0.25, -0.2) is 0 Å². The Balaban J connectivity index is 2.04. The number of halogens is 2. The highest BCUT2D eigenvalue weighted by molar-refractivity contribution is 6.34. The van der Waals surface area contributed by atoms with Crippen LogP contribution in [0.4, 0.5) is 0 Å². The van der Waals surface area contributed by atoms with Crippen LogP contribution in [0.3, 0.4) is 0 Å². The first-order valence-corrected chi connectivity index (χ1v) is 6.49. The highest BCUT2D eigenvalue weighted by atomic mass is 35.5. The highest BCUT2D eigenvalue weighted by Gasteiger charge is 2.19. The topological polar surface area (TPSA) is 24.9 Å². The number of pyridine rings is 1. The number of hydrogen-bond donors (Lipinski definition) is 1. The fourth-order valence-electron chi connectivity index (χ4n) is 2.27. The molecule has 1 N–H and O–H groups in total. The van der Waals surface area contributed by atoms with E-state index >= 15 is 0 Å². The minimum absolute atomic E-state index is 0.188. The van der Waals surface area contributed by atoms with Crippen LogP contribution in [0.25, 0.3) is 0 Å². The van der Waals surface area contributed by atoms with Crippen LogP contribution in [-0.2, 0) is 0 Å². The van der Waals surface area contributed by atoms with Gasteiger partial charge in [0.2, 0.25) is 0 Å². The van der Waals surface area contributed by atoms with Crippen LogP contribution in [0.5, 0.6) is 0 Å². The predicted octanol–water partition coefficient (Wildman–Crippen LogP) is 3.98. The van der Waals surface area contributed by atoms with Gasteiger partial charge in [-0.05, 0) is 25.8 Å². The average molecular weight is 259 g/mol. The van der Waals surface area contributed by atoms with E-state index in [-0.39, 0.29) is 6.04 Å². The minimum atomic E-state index is 0.188. The van der Waals surface area contributed by atoms with E-state index in [0.717, 1.165) is 5.69 Å². The van der Waals surface area contributed by atoms with E-state index in [1.165, 1.54) is 25.7 Å². The number of rotatable bonds is 3. The van der Waals surface area contributed by atoms with Crippen LogP contribution in [0.15, 0.2) is 12.3 Å². The van der Waals surface area contributed by atoms with Crippen molar-refractivity contribution in [3.05, 3.63) is 28.0 Å². The van der Waals surface area contributed by atoms with E-state index in [4.69, 9.17) is 23.2 Å². The summed E-state index contributed by atoms with van der Waals surface area (Å²) in [5.41, 5.74) is 0.887. The van der Waals surface area contributed by atoms with Crippen molar-refractivity contribution in [2.45, 2.75) is 44.7 Å². The summed E-state index contributed by atoms with van der Waals surface area (Å²) in [4.78, 5) is 4.29. The van der Waals surface area contributed by atoms with Crippen LogP contribution in [0.1, 0.15) is 44.3 Å². The Hall–Kier alpha value is -0.310. The molecule has 1 aliphatic carbocycles. The highest BCUT2D eigenvalue weighted by Crippen LogP contribution is 2.26. The average Bonchev–Trinajstić information content (AvgIpc) is 2.70. The van der Waals surface area contributed by atoms with Crippen molar-refractivity contribution in [3.63, 3.8) is 0 Å². The van der Waals surface area contributed by atoms with Gasteiger partial charge in [0.25, 0.3) is 0 Å². The molecule has 1 saturated carbocycles. The Morgan fingerprint density at radius 2 is 2.06 bits per heavy atom. The second-order valence-corrected chi connectivity index (χ2v) is 5.23. The van der Waals surface area contributed by atoms with Crippen molar-refractivity contribution in [1.82, 2.24) is 10.3 Å². The molecule has 1 fully saturated rings. The first kappa shape index (κ1) is 12.2. The monoisotopic (exact) mass is 258 g/mol. The maximum atomic E-state index is 6.12. The van der Waals surface area contributed by atoms with Gasteiger partial charge in [-0.2, -0.15) is 0 Å². The van der Waals surface area contributed by atoms with Crippen molar-refractivity contribution in [2.24, 2.45) is 0 Å². The first-order valence-electron chi connectivity index (χ1n) is 5.74. The summed E-state index contributed by atoms with van der Waals surface area (Å²) in [5, 5.41) is 4.79. The normalized spacial score (nSPS) is 18.9. The number of nitrogens with one attached hydrogen (secondary N) is 1. The molecule has 88 valence electrons. The third kappa shape index (κ3) is 2.88. The van der Waals surface area contributed by atoms with Gasteiger partial charge in [0, 0.05) is 18.3 Å². The van der Waals surface area contributed by atoms with Crippen molar-refractivity contribution < 1.29 is 0 Å². The Morgan fingerprint density at radius 1 is 1.38 bits per heavy atom. The maximum absolute atomic E-state index is 6.12. The molecule has 0 spiro atoms. The Bertz CT molecular complexity index is 362. The fourth-order valence-corrected chi connectivity index (χ4v) is 2.81. The molecular weight excluding hydrogens is 243 g/mol. The summed E-state index contributed by atoms with van der Waals surface area (Å²) in [7, 11) is 0. The summed E-state index contributed by atoms with van der Waals surface area (Å²) in [6.07, 6.45) is 6.82. The first-order chi connectivity index (χ1) is 7.66. The Morgan fingerprint density at radius 3 is 2.69 bits per heavy atom. The van der Waals surface area contributed by atoms with E-state index in [9.17, 15) is 0 Å². The molecule has 1 aromatic rings. The van der Waals surface area contributed by atoms with E-state index < -0.39 is 0 Å². The van der Waals surface area contributed by atoms with Gasteiger partial charge in [-0.1, -0.05) is 36.0 Å². The molecule has 0 amide bonds. The molecule has 2 nitrogen and oxygen atoms in total. The van der Waals surface area contributed by atoms with Crippen LogP contribution < -0.4 is 5.32 Å². The molecule has 1 atom stereocenters. The quantitative estimate of drug-likeness (QED) is 0.888. The molecule has 0 unspecified atom stereocenters. The lowest BCUT2D eigenvalue weighted by Crippen LogP contribution is -2.29. The zero-order valence-corrected chi connectivity index (χ0v) is 10.9. The lowest BCUT2D eigenvalue weighted by Gasteiger charge is -2.19. The van der Waals surface area contributed by atoms with Gasteiger partial charge < -0.3 is 5.32 Å². The van der Waals surface area contributed by atoms with Gasteiger partial charge in [-0.3, -0.25) is 4.98 Å². The van der Waals surface area contributed by atoms with Crippen LogP contribution in [0, 0.1) is 0 Å². The summed E-state index contributed by atoms with van der Waals surface area (Å²) >= 11 is 11.9. The van der Waals surface area contributed by atoms with E-state index in [0.29, 0.717) is 16.1 Å². The second-order valence-electron chi connectivity index (χ2n) is 4.39. The molecule has 0 saturated heterocycles. The van der Waals surface area contributed by atoms with Crippen molar-refractivity contribution in [3.8, 4) is 0 Å². The van der Waals surface area contributed by atoms with Crippen molar-refractivity contribution in [1.29, 1.82) is 0 Å².